The number of rotatable bonds is 6. The van der Waals surface area contributed by atoms with Crippen LogP contribution in [0.2, 0.25) is 5.02 Å². The van der Waals surface area contributed by atoms with Gasteiger partial charge in [-0.25, -0.2) is 0 Å². The molecule has 0 aliphatic carbocycles. The van der Waals surface area contributed by atoms with Crippen molar-refractivity contribution in [2.45, 2.75) is 0 Å². The summed E-state index contributed by atoms with van der Waals surface area (Å²) in [6.45, 7) is 0.669. The molecule has 0 aliphatic rings. The molecular formula is C16H17ClN2O4. The summed E-state index contributed by atoms with van der Waals surface area (Å²) in [5, 5.41) is 0.586. The number of methoxy groups -OCH3 is 1. The first kappa shape index (κ1) is 16.9. The molecule has 1 N–H and O–H groups in total. The largest absolute Gasteiger partial charge is 0.492 e. The van der Waals surface area contributed by atoms with E-state index in [-0.39, 0.29) is 22.8 Å². The van der Waals surface area contributed by atoms with Crippen LogP contribution in [0.3, 0.4) is 0 Å². The Balaban J connectivity index is 1.92. The molecule has 0 bridgehead atoms. The van der Waals surface area contributed by atoms with Gasteiger partial charge < -0.3 is 19.4 Å². The van der Waals surface area contributed by atoms with E-state index < -0.39 is 0 Å². The molecule has 0 unspecified atom stereocenters. The Bertz CT molecular complexity index is 745. The molecule has 0 fully saturated rings. The van der Waals surface area contributed by atoms with Crippen molar-refractivity contribution in [3.8, 4) is 11.5 Å². The van der Waals surface area contributed by atoms with Gasteiger partial charge in [0, 0.05) is 24.3 Å². The van der Waals surface area contributed by atoms with Gasteiger partial charge in [0.05, 0.1) is 13.7 Å². The molecule has 7 heteroatoms. The lowest BCUT2D eigenvalue weighted by Crippen LogP contribution is -2.32. The summed E-state index contributed by atoms with van der Waals surface area (Å²) in [4.78, 5) is 28.1. The lowest BCUT2D eigenvalue weighted by atomic mass is 10.3. The zero-order chi connectivity index (χ0) is 16.8. The first-order valence-electron chi connectivity index (χ1n) is 6.92. The van der Waals surface area contributed by atoms with Crippen LogP contribution in [0.25, 0.3) is 0 Å². The van der Waals surface area contributed by atoms with Gasteiger partial charge in [0.2, 0.25) is 5.43 Å². The van der Waals surface area contributed by atoms with Crippen molar-refractivity contribution < 1.29 is 14.3 Å². The highest BCUT2D eigenvalue weighted by Crippen LogP contribution is 2.16. The van der Waals surface area contributed by atoms with Crippen LogP contribution >= 0.6 is 11.6 Å². The molecule has 1 amide bonds. The zero-order valence-electron chi connectivity index (χ0n) is 12.8. The maximum Gasteiger partial charge on any atom is 0.270 e. The van der Waals surface area contributed by atoms with Gasteiger partial charge in [-0.3, -0.25) is 9.59 Å². The fraction of sp³-hybridized carbons (Fsp3) is 0.250. The van der Waals surface area contributed by atoms with E-state index in [0.29, 0.717) is 23.9 Å². The van der Waals surface area contributed by atoms with Crippen LogP contribution in [0.15, 0.2) is 41.3 Å². The molecule has 0 radical (unpaired) electrons. The van der Waals surface area contributed by atoms with Crippen LogP contribution in [0.1, 0.15) is 10.5 Å². The fourth-order valence-electron chi connectivity index (χ4n) is 1.91. The molecule has 1 heterocycles. The van der Waals surface area contributed by atoms with Gasteiger partial charge in [0.15, 0.2) is 5.75 Å². The molecule has 0 aliphatic heterocycles. The van der Waals surface area contributed by atoms with E-state index in [0.717, 1.165) is 0 Å². The highest BCUT2D eigenvalue weighted by molar-refractivity contribution is 6.30. The van der Waals surface area contributed by atoms with Crippen molar-refractivity contribution in [1.82, 2.24) is 9.88 Å². The molecule has 0 spiro atoms. The summed E-state index contributed by atoms with van der Waals surface area (Å²) in [6, 6.07) is 8.24. The number of halogens is 1. The standard InChI is InChI=1S/C16H17ClN2O4/c1-19(6-7-23-12-5-3-4-11(17)8-12)16(21)13-9-14(20)15(22-2)10-18-13/h3-5,8-10H,6-7H2,1-2H3,(H,18,20). The first-order chi connectivity index (χ1) is 11.0. The average molecular weight is 337 g/mol. The van der Waals surface area contributed by atoms with Gasteiger partial charge in [-0.05, 0) is 18.2 Å². The normalized spacial score (nSPS) is 10.2. The third-order valence-electron chi connectivity index (χ3n) is 3.17. The Hall–Kier alpha value is -2.47. The first-order valence-corrected chi connectivity index (χ1v) is 7.29. The number of ether oxygens (including phenoxy) is 2. The number of likely N-dealkylation sites (N-methyl/N-ethyl adjacent to an activating group) is 1. The molecule has 23 heavy (non-hydrogen) atoms. The van der Waals surface area contributed by atoms with E-state index in [2.05, 4.69) is 4.98 Å². The van der Waals surface area contributed by atoms with E-state index in [1.807, 2.05) is 0 Å². The number of nitrogens with one attached hydrogen (secondary N) is 1. The van der Waals surface area contributed by atoms with Crippen LogP contribution in [0.5, 0.6) is 11.5 Å². The van der Waals surface area contributed by atoms with E-state index in [4.69, 9.17) is 21.1 Å². The number of hydrogen-bond acceptors (Lipinski definition) is 4. The molecule has 2 rings (SSSR count). The highest BCUT2D eigenvalue weighted by Gasteiger charge is 2.14. The molecular weight excluding hydrogens is 320 g/mol. The Morgan fingerprint density at radius 2 is 2.13 bits per heavy atom. The highest BCUT2D eigenvalue weighted by atomic mass is 35.5. The van der Waals surface area contributed by atoms with Crippen molar-refractivity contribution in [2.24, 2.45) is 0 Å². The summed E-state index contributed by atoms with van der Waals surface area (Å²) >= 11 is 5.87. The molecule has 1 aromatic carbocycles. The van der Waals surface area contributed by atoms with E-state index in [9.17, 15) is 9.59 Å². The SMILES string of the molecule is COc1c[nH]c(C(=O)N(C)CCOc2cccc(Cl)c2)cc1=O. The number of amides is 1. The Morgan fingerprint density at radius 3 is 2.78 bits per heavy atom. The maximum absolute atomic E-state index is 12.2. The maximum atomic E-state index is 12.2. The number of hydrogen-bond donors (Lipinski definition) is 1. The minimum Gasteiger partial charge on any atom is -0.492 e. The van der Waals surface area contributed by atoms with Gasteiger partial charge in [-0.1, -0.05) is 17.7 Å². The van der Waals surface area contributed by atoms with Crippen molar-refractivity contribution in [2.75, 3.05) is 27.3 Å². The molecule has 6 nitrogen and oxygen atoms in total. The second kappa shape index (κ2) is 7.69. The van der Waals surface area contributed by atoms with E-state index in [1.54, 1.807) is 31.3 Å². The summed E-state index contributed by atoms with van der Waals surface area (Å²) in [5.41, 5.74) is -0.153. The molecule has 2 aromatic rings. The fourth-order valence-corrected chi connectivity index (χ4v) is 2.09. The minimum atomic E-state index is -0.349. The second-order valence-electron chi connectivity index (χ2n) is 4.81. The van der Waals surface area contributed by atoms with Crippen molar-refractivity contribution in [3.05, 3.63) is 57.5 Å². The lowest BCUT2D eigenvalue weighted by molar-refractivity contribution is 0.0768. The lowest BCUT2D eigenvalue weighted by Gasteiger charge is -2.17. The molecule has 0 atom stereocenters. The number of pyridine rings is 1. The second-order valence-corrected chi connectivity index (χ2v) is 5.25. The molecule has 1 aromatic heterocycles. The number of H-pyrrole nitrogens is 1. The van der Waals surface area contributed by atoms with Crippen LogP contribution in [-0.2, 0) is 0 Å². The summed E-state index contributed by atoms with van der Waals surface area (Å²) < 4.78 is 10.4. The topological polar surface area (TPSA) is 71.6 Å². The quantitative estimate of drug-likeness (QED) is 0.877. The zero-order valence-corrected chi connectivity index (χ0v) is 13.6. The van der Waals surface area contributed by atoms with E-state index >= 15 is 0 Å². The van der Waals surface area contributed by atoms with Gasteiger partial charge in [-0.15, -0.1) is 0 Å². The monoisotopic (exact) mass is 336 g/mol. The summed E-state index contributed by atoms with van der Waals surface area (Å²) in [5.74, 6) is 0.490. The minimum absolute atomic E-state index is 0.161. The smallest absolute Gasteiger partial charge is 0.270 e. The number of carbonyl (C=O) groups is 1. The molecule has 122 valence electrons. The van der Waals surface area contributed by atoms with Crippen molar-refractivity contribution in [1.29, 1.82) is 0 Å². The van der Waals surface area contributed by atoms with Crippen molar-refractivity contribution in [3.63, 3.8) is 0 Å². The number of benzene rings is 1. The van der Waals surface area contributed by atoms with Crippen LogP contribution < -0.4 is 14.9 Å². The third kappa shape index (κ3) is 4.50. The van der Waals surface area contributed by atoms with Gasteiger partial charge >= 0.3 is 0 Å². The van der Waals surface area contributed by atoms with E-state index in [1.165, 1.54) is 24.3 Å². The third-order valence-corrected chi connectivity index (χ3v) is 3.40. The summed E-state index contributed by atoms with van der Waals surface area (Å²) in [6.07, 6.45) is 1.37. The van der Waals surface area contributed by atoms with Crippen LogP contribution in [0, 0.1) is 0 Å². The average Bonchev–Trinajstić information content (AvgIpc) is 2.54. The molecule has 0 saturated carbocycles. The van der Waals surface area contributed by atoms with Gasteiger partial charge in [0.1, 0.15) is 18.1 Å². The van der Waals surface area contributed by atoms with Crippen LogP contribution in [0.4, 0.5) is 0 Å². The number of carbonyl (C=O) groups excluding carboxylic acids is 1. The Morgan fingerprint density at radius 1 is 1.35 bits per heavy atom. The van der Waals surface area contributed by atoms with Crippen molar-refractivity contribution >= 4 is 17.5 Å². The predicted molar refractivity (Wildman–Crippen MR) is 87.5 cm³/mol. The number of nitrogens with zero attached hydrogens (tertiary/aromatic N) is 1. The van der Waals surface area contributed by atoms with Crippen LogP contribution in [-0.4, -0.2) is 43.1 Å². The van der Waals surface area contributed by atoms with Gasteiger partial charge in [0.25, 0.3) is 5.91 Å². The Labute approximate surface area is 138 Å². The van der Waals surface area contributed by atoms with Gasteiger partial charge in [-0.2, -0.15) is 0 Å². The number of aromatic amines is 1. The molecule has 0 saturated heterocycles. The number of aromatic nitrogens is 1. The summed E-state index contributed by atoms with van der Waals surface area (Å²) in [7, 11) is 3.03. The predicted octanol–water partition coefficient (Wildman–Crippen LogP) is 2.19. The Kier molecular flexibility index (Phi) is 5.65.